The fraction of sp³-hybridized carbons (Fsp3) is 0.500. The molecular formula is C16H18BrNO4. The zero-order chi connectivity index (χ0) is 16.1. The van der Waals surface area contributed by atoms with Crippen molar-refractivity contribution < 1.29 is 19.1 Å². The molecule has 1 unspecified atom stereocenters. The zero-order valence-electron chi connectivity index (χ0n) is 12.7. The summed E-state index contributed by atoms with van der Waals surface area (Å²) in [5.74, 6) is -1.24. The molecule has 22 heavy (non-hydrogen) atoms. The van der Waals surface area contributed by atoms with Crippen LogP contribution in [0.1, 0.15) is 29.5 Å². The van der Waals surface area contributed by atoms with Crippen molar-refractivity contribution in [3.63, 3.8) is 0 Å². The highest BCUT2D eigenvalue weighted by Crippen LogP contribution is 2.36. The van der Waals surface area contributed by atoms with E-state index in [4.69, 9.17) is 9.47 Å². The van der Waals surface area contributed by atoms with Crippen LogP contribution in [0.2, 0.25) is 0 Å². The summed E-state index contributed by atoms with van der Waals surface area (Å²) in [7, 11) is 0. The first-order valence-corrected chi connectivity index (χ1v) is 7.99. The molecule has 2 heterocycles. The lowest BCUT2D eigenvalue weighted by Gasteiger charge is -2.34. The van der Waals surface area contributed by atoms with Gasteiger partial charge >= 0.3 is 0 Å². The molecule has 1 aromatic rings. The van der Waals surface area contributed by atoms with Crippen molar-refractivity contribution in [2.75, 3.05) is 13.2 Å². The summed E-state index contributed by atoms with van der Waals surface area (Å²) in [6, 6.07) is 3.84. The number of carbonyl (C=O) groups is 2. The van der Waals surface area contributed by atoms with Crippen LogP contribution >= 0.6 is 15.9 Å². The van der Waals surface area contributed by atoms with E-state index in [1.165, 1.54) is 0 Å². The number of nitrogens with one attached hydrogen (secondary N) is 1. The van der Waals surface area contributed by atoms with E-state index < -0.39 is 11.5 Å². The summed E-state index contributed by atoms with van der Waals surface area (Å²) in [6.07, 6.45) is -0.356. The number of ketones is 1. The number of rotatable bonds is 1. The van der Waals surface area contributed by atoms with Crippen LogP contribution in [0.3, 0.4) is 0 Å². The highest BCUT2D eigenvalue weighted by Gasteiger charge is 2.55. The first-order chi connectivity index (χ1) is 10.3. The van der Waals surface area contributed by atoms with Gasteiger partial charge in [0, 0.05) is 4.47 Å². The number of Topliss-reactive ketones (excluding diaryl/α,β-unsaturated/α-hetero) is 1. The molecule has 1 amide bonds. The predicted octanol–water partition coefficient (Wildman–Crippen LogP) is 1.98. The second-order valence-electron chi connectivity index (χ2n) is 6.01. The largest absolute Gasteiger partial charge is 0.350 e. The average molecular weight is 368 g/mol. The Morgan fingerprint density at radius 1 is 1.18 bits per heavy atom. The number of carbonyl (C=O) groups excluding carboxylic acids is 2. The van der Waals surface area contributed by atoms with Gasteiger partial charge in [-0.25, -0.2) is 0 Å². The van der Waals surface area contributed by atoms with Gasteiger partial charge in [0.1, 0.15) is 11.5 Å². The third kappa shape index (κ3) is 2.39. The van der Waals surface area contributed by atoms with Crippen LogP contribution in [-0.2, 0) is 19.1 Å². The molecule has 2 saturated heterocycles. The summed E-state index contributed by atoms with van der Waals surface area (Å²) in [6.45, 7) is 5.91. The van der Waals surface area contributed by atoms with E-state index in [-0.39, 0.29) is 31.2 Å². The Hall–Kier alpha value is -1.24. The topological polar surface area (TPSA) is 64.6 Å². The third-order valence-corrected chi connectivity index (χ3v) is 4.79. The maximum absolute atomic E-state index is 12.9. The Labute approximate surface area is 137 Å². The Bertz CT molecular complexity index is 627. The molecule has 6 heteroatoms. The SMILES string of the molecule is Cc1cc(Br)cc(C)c1C1C(=O)NC2(COC(C)OC2)C1=O. The van der Waals surface area contributed by atoms with Gasteiger partial charge in [0.15, 0.2) is 12.1 Å². The van der Waals surface area contributed by atoms with Gasteiger partial charge < -0.3 is 14.8 Å². The first-order valence-electron chi connectivity index (χ1n) is 7.20. The Balaban J connectivity index is 2.00. The highest BCUT2D eigenvalue weighted by atomic mass is 79.9. The normalized spacial score (nSPS) is 31.6. The molecule has 5 nitrogen and oxygen atoms in total. The minimum Gasteiger partial charge on any atom is -0.350 e. The van der Waals surface area contributed by atoms with Crippen LogP contribution in [0, 0.1) is 13.8 Å². The lowest BCUT2D eigenvalue weighted by molar-refractivity contribution is -0.200. The molecule has 1 N–H and O–H groups in total. The minimum absolute atomic E-state index is 0.157. The van der Waals surface area contributed by atoms with E-state index >= 15 is 0 Å². The van der Waals surface area contributed by atoms with Crippen LogP contribution in [0.15, 0.2) is 16.6 Å². The van der Waals surface area contributed by atoms with Crippen molar-refractivity contribution in [1.82, 2.24) is 5.32 Å². The van der Waals surface area contributed by atoms with Crippen molar-refractivity contribution in [2.45, 2.75) is 38.5 Å². The second-order valence-corrected chi connectivity index (χ2v) is 6.93. The Kier molecular flexibility index (Phi) is 3.87. The Morgan fingerprint density at radius 3 is 2.27 bits per heavy atom. The van der Waals surface area contributed by atoms with E-state index in [0.717, 1.165) is 21.2 Å². The van der Waals surface area contributed by atoms with Gasteiger partial charge in [-0.2, -0.15) is 0 Å². The molecular weight excluding hydrogens is 350 g/mol. The van der Waals surface area contributed by atoms with Crippen molar-refractivity contribution in [2.24, 2.45) is 0 Å². The quantitative estimate of drug-likeness (QED) is 0.770. The van der Waals surface area contributed by atoms with E-state index in [1.54, 1.807) is 6.92 Å². The number of halogens is 1. The molecule has 3 rings (SSSR count). The first kappa shape index (κ1) is 15.6. The number of hydrogen-bond donors (Lipinski definition) is 1. The number of hydrogen-bond acceptors (Lipinski definition) is 4. The second kappa shape index (κ2) is 5.44. The molecule has 2 aliphatic heterocycles. The maximum atomic E-state index is 12.9. The molecule has 2 aliphatic rings. The van der Waals surface area contributed by atoms with E-state index in [9.17, 15) is 9.59 Å². The van der Waals surface area contributed by atoms with Crippen molar-refractivity contribution in [1.29, 1.82) is 0 Å². The zero-order valence-corrected chi connectivity index (χ0v) is 14.3. The molecule has 1 spiro atoms. The number of aryl methyl sites for hydroxylation is 2. The lowest BCUT2D eigenvalue weighted by atomic mass is 9.83. The monoisotopic (exact) mass is 367 g/mol. The van der Waals surface area contributed by atoms with Crippen molar-refractivity contribution in [3.8, 4) is 0 Å². The molecule has 118 valence electrons. The predicted molar refractivity (Wildman–Crippen MR) is 83.6 cm³/mol. The Morgan fingerprint density at radius 2 is 1.73 bits per heavy atom. The third-order valence-electron chi connectivity index (χ3n) is 4.33. The average Bonchev–Trinajstić information content (AvgIpc) is 2.66. The molecule has 1 atom stereocenters. The fourth-order valence-electron chi connectivity index (χ4n) is 3.23. The minimum atomic E-state index is -1.06. The maximum Gasteiger partial charge on any atom is 0.236 e. The van der Waals surface area contributed by atoms with Gasteiger partial charge in [-0.05, 0) is 49.6 Å². The lowest BCUT2D eigenvalue weighted by Crippen LogP contribution is -2.58. The van der Waals surface area contributed by atoms with Crippen LogP contribution in [0.5, 0.6) is 0 Å². The highest BCUT2D eigenvalue weighted by molar-refractivity contribution is 9.10. The standard InChI is InChI=1S/C16H18BrNO4/c1-8-4-11(17)5-9(2)12(8)13-14(19)16(18-15(13)20)6-21-10(3)22-7-16/h4-5,10,13H,6-7H2,1-3H3,(H,18,20). The molecule has 0 bridgehead atoms. The van der Waals surface area contributed by atoms with Crippen LogP contribution in [0.4, 0.5) is 0 Å². The van der Waals surface area contributed by atoms with E-state index in [0.29, 0.717) is 0 Å². The number of amides is 1. The molecule has 0 aromatic heterocycles. The van der Waals surface area contributed by atoms with E-state index in [1.807, 2.05) is 26.0 Å². The summed E-state index contributed by atoms with van der Waals surface area (Å²) in [5.41, 5.74) is 1.56. The number of ether oxygens (including phenoxy) is 2. The van der Waals surface area contributed by atoms with Crippen LogP contribution in [-0.4, -0.2) is 36.7 Å². The fourth-order valence-corrected chi connectivity index (χ4v) is 3.91. The van der Waals surface area contributed by atoms with Gasteiger partial charge in [-0.1, -0.05) is 15.9 Å². The number of benzene rings is 1. The van der Waals surface area contributed by atoms with Gasteiger partial charge in [0.25, 0.3) is 0 Å². The van der Waals surface area contributed by atoms with Gasteiger partial charge in [-0.15, -0.1) is 0 Å². The molecule has 0 saturated carbocycles. The molecule has 2 fully saturated rings. The summed E-state index contributed by atoms with van der Waals surface area (Å²) < 4.78 is 11.8. The smallest absolute Gasteiger partial charge is 0.236 e. The summed E-state index contributed by atoms with van der Waals surface area (Å²) >= 11 is 3.44. The van der Waals surface area contributed by atoms with Gasteiger partial charge in [0.05, 0.1) is 13.2 Å². The van der Waals surface area contributed by atoms with Crippen LogP contribution < -0.4 is 5.32 Å². The van der Waals surface area contributed by atoms with Crippen LogP contribution in [0.25, 0.3) is 0 Å². The van der Waals surface area contributed by atoms with Crippen molar-refractivity contribution in [3.05, 3.63) is 33.3 Å². The molecule has 1 aromatic carbocycles. The molecule has 0 aliphatic carbocycles. The molecule has 0 radical (unpaired) electrons. The summed E-state index contributed by atoms with van der Waals surface area (Å²) in [5, 5.41) is 2.81. The van der Waals surface area contributed by atoms with Gasteiger partial charge in [-0.3, -0.25) is 9.59 Å². The van der Waals surface area contributed by atoms with E-state index in [2.05, 4.69) is 21.2 Å². The summed E-state index contributed by atoms with van der Waals surface area (Å²) in [4.78, 5) is 25.4. The van der Waals surface area contributed by atoms with Gasteiger partial charge in [0.2, 0.25) is 5.91 Å². The van der Waals surface area contributed by atoms with Crippen molar-refractivity contribution >= 4 is 27.6 Å².